The Labute approximate surface area is 477 Å². The summed E-state index contributed by atoms with van der Waals surface area (Å²) in [7, 11) is -30.8. The number of hydrogen-bond acceptors (Lipinski definition) is 24. The van der Waals surface area contributed by atoms with Crippen molar-refractivity contribution in [1.82, 2.24) is 4.90 Å². The van der Waals surface area contributed by atoms with Crippen LogP contribution in [0.3, 0.4) is 0 Å². The van der Waals surface area contributed by atoms with Crippen molar-refractivity contribution < 1.29 is 152 Å². The summed E-state index contributed by atoms with van der Waals surface area (Å²) < 4.78 is 204. The van der Waals surface area contributed by atoms with Gasteiger partial charge >= 0.3 is 48.4 Å². The summed E-state index contributed by atoms with van der Waals surface area (Å²) in [5.41, 5.74) is 6.99. The van der Waals surface area contributed by atoms with Gasteiger partial charge in [0.15, 0.2) is 11.5 Å². The molecule has 0 aliphatic heterocycles. The second-order valence-corrected chi connectivity index (χ2v) is 23.8. The molecule has 0 aromatic heterocycles. The van der Waals surface area contributed by atoms with E-state index >= 15 is 0 Å². The van der Waals surface area contributed by atoms with Crippen LogP contribution < -0.4 is 59.9 Å². The number of phenolic OH excluding ortho intramolecular Hbond substituents is 2. The maximum atomic E-state index is 12.5. The molecule has 6 aromatic carbocycles. The number of anilines is 2. The average molecular weight is 1210 g/mol. The number of phenols is 2. The summed E-state index contributed by atoms with van der Waals surface area (Å²) in [4.78, 5) is -4.00. The van der Waals surface area contributed by atoms with Crippen LogP contribution in [0.15, 0.2) is 123 Å². The van der Waals surface area contributed by atoms with E-state index in [4.69, 9.17) is 26.8 Å². The molecule has 0 aliphatic rings. The van der Waals surface area contributed by atoms with E-state index in [9.17, 15) is 88.0 Å². The zero-order chi connectivity index (χ0) is 57.1. The molecule has 0 saturated carbocycles. The van der Waals surface area contributed by atoms with E-state index in [1.165, 1.54) is 0 Å². The molecule has 78 heavy (non-hydrogen) atoms. The average Bonchev–Trinajstić information content (AvgIpc) is 3.28. The first-order valence-corrected chi connectivity index (χ1v) is 29.0. The molecule has 38 heteroatoms. The number of benzene rings is 6. The number of aromatic hydroxyl groups is 2. The van der Waals surface area contributed by atoms with Crippen molar-refractivity contribution in [2.24, 2.45) is 20.5 Å². The molecule has 0 fully saturated rings. The molecule has 0 unspecified atom stereocenters. The van der Waals surface area contributed by atoms with Gasteiger partial charge in [-0.25, -0.2) is 0 Å². The van der Waals surface area contributed by atoms with E-state index in [2.05, 4.69) is 20.5 Å². The van der Waals surface area contributed by atoms with Crippen LogP contribution >= 0.6 is 0 Å². The maximum Gasteiger partial charge on any atom is 1.00 e. The Morgan fingerprint density at radius 2 is 0.744 bits per heavy atom. The van der Waals surface area contributed by atoms with Crippen LogP contribution in [-0.4, -0.2) is 148 Å². The zero-order valence-corrected chi connectivity index (χ0v) is 46.9. The van der Waals surface area contributed by atoms with Gasteiger partial charge in [-0.2, -0.15) is 60.7 Å². The van der Waals surface area contributed by atoms with E-state index in [1.807, 2.05) is 0 Å². The van der Waals surface area contributed by atoms with Crippen molar-refractivity contribution in [3.05, 3.63) is 83.9 Å². The van der Waals surface area contributed by atoms with Crippen LogP contribution in [-0.2, 0) is 60.7 Å². The van der Waals surface area contributed by atoms with Gasteiger partial charge in [0.1, 0.15) is 31.0 Å². The van der Waals surface area contributed by atoms with Crippen molar-refractivity contribution in [3.8, 4) is 11.5 Å². The van der Waals surface area contributed by atoms with Crippen molar-refractivity contribution in [3.63, 3.8) is 0 Å². The van der Waals surface area contributed by atoms with Crippen molar-refractivity contribution in [2.75, 3.05) is 50.9 Å². The maximum absolute atomic E-state index is 12.5. The first kappa shape index (κ1) is 67.2. The molecule has 0 amide bonds. The number of nitrogens with zero attached hydrogens (tertiary/aromatic N) is 5. The smallest absolute Gasteiger partial charge is 0.505 e. The van der Waals surface area contributed by atoms with Gasteiger partial charge in [0.05, 0.1) is 41.0 Å². The molecule has 0 aliphatic carbocycles. The summed E-state index contributed by atoms with van der Waals surface area (Å²) in [6, 6.07) is 9.48. The molecule has 0 bridgehead atoms. The molecule has 0 radical (unpaired) electrons. The normalized spacial score (nSPS) is 12.8. The Balaban J connectivity index is 0.00000121. The van der Waals surface area contributed by atoms with E-state index in [1.54, 1.807) is 4.90 Å². The summed E-state index contributed by atoms with van der Waals surface area (Å²) in [5.74, 6) is -2.14. The monoisotopic (exact) mass is 1210 g/mol. The quantitative estimate of drug-likeness (QED) is 0.0137. The molecule has 0 spiro atoms. The predicted octanol–water partition coefficient (Wildman–Crippen LogP) is -2.68. The minimum absolute atomic E-state index is 0. The third-order valence-electron chi connectivity index (χ3n) is 10.2. The second kappa shape index (κ2) is 26.0. The number of azo groups is 2. The summed E-state index contributed by atoms with van der Waals surface area (Å²) in [5, 5.41) is 60.3. The van der Waals surface area contributed by atoms with Gasteiger partial charge < -0.3 is 37.0 Å². The third kappa shape index (κ3) is 16.5. The molecular weight excluding hydrogens is 1170 g/mol. The first-order valence-electron chi connectivity index (χ1n) is 20.4. The van der Waals surface area contributed by atoms with Gasteiger partial charge in [-0.15, -0.1) is 10.2 Å². The van der Waals surface area contributed by atoms with Gasteiger partial charge in [0.25, 0.3) is 60.7 Å². The van der Waals surface area contributed by atoms with Crippen LogP contribution in [0.2, 0.25) is 0 Å². The second-order valence-electron chi connectivity index (χ2n) is 15.4. The van der Waals surface area contributed by atoms with Gasteiger partial charge in [-0.1, -0.05) is 24.3 Å². The molecule has 6 rings (SSSR count). The molecular formula is C40H41LiN7NaO23S6+2. The zero-order valence-electron chi connectivity index (χ0n) is 40.0. The van der Waals surface area contributed by atoms with Crippen LogP contribution in [0.1, 0.15) is 11.1 Å². The fraction of sp³-hybridized carbons (Fsp3) is 0.150. The van der Waals surface area contributed by atoms with Crippen LogP contribution in [0.5, 0.6) is 11.5 Å². The first-order chi connectivity index (χ1) is 35.0. The molecule has 0 heterocycles. The summed E-state index contributed by atoms with van der Waals surface area (Å²) >= 11 is 0. The molecule has 15 N–H and O–H groups in total. The van der Waals surface area contributed by atoms with Gasteiger partial charge in [-0.05, 0) is 82.6 Å². The third-order valence-corrected chi connectivity index (χ3v) is 15.4. The van der Waals surface area contributed by atoms with E-state index in [0.717, 1.165) is 48.6 Å². The fourth-order valence-electron chi connectivity index (χ4n) is 6.91. The Morgan fingerprint density at radius 1 is 0.436 bits per heavy atom. The number of fused-ring (bicyclic) bond motifs is 2. The molecule has 410 valence electrons. The Bertz CT molecular complexity index is 3850. The largest absolute Gasteiger partial charge is 1.00 e. The van der Waals surface area contributed by atoms with Crippen molar-refractivity contribution >= 4 is 129 Å². The van der Waals surface area contributed by atoms with E-state index < -0.39 is 157 Å². The Hall–Kier alpha value is -5.12. The molecule has 0 atom stereocenters. The topological polar surface area (TPSA) is 532 Å². The fourth-order valence-corrected chi connectivity index (χ4v) is 10.7. The number of nitrogens with two attached hydrogens (primary N) is 2. The predicted molar refractivity (Wildman–Crippen MR) is 267 cm³/mol. The Kier molecular flexibility index (Phi) is 22.4. The number of nitrogen functional groups attached to an aromatic ring is 2. The van der Waals surface area contributed by atoms with Gasteiger partial charge in [-0.3, -0.25) is 32.2 Å². The summed E-state index contributed by atoms with van der Waals surface area (Å²) in [6.07, 6.45) is 1.85. The molecule has 6 aromatic rings. The van der Waals surface area contributed by atoms with Gasteiger partial charge in [0, 0.05) is 41.8 Å². The van der Waals surface area contributed by atoms with E-state index in [-0.39, 0.29) is 79.4 Å². The van der Waals surface area contributed by atoms with Gasteiger partial charge in [0.2, 0.25) is 0 Å². The van der Waals surface area contributed by atoms with Crippen molar-refractivity contribution in [2.45, 2.75) is 29.4 Å². The van der Waals surface area contributed by atoms with Crippen LogP contribution in [0.25, 0.3) is 33.7 Å². The summed E-state index contributed by atoms with van der Waals surface area (Å²) in [6.45, 7) is 1.75. The standard InChI is InChI=1S/C34H26N6O20S6.C6H15NO3.Li.Na/c35-23-13-21(61(43,44)45)7-17-9-27(65(55,56)57)31(33(41)29(17)23)39-37-19-5-3-15(25(11-19)63(49,50)51)1-2-16-4-6-20(12-26(16)64(52,53)54)38-40-32-28(66(58,59)60)10-18-8-22(62(46,47)48)14-24(36)30(18)34(32)42;8-4-1-7(2-5-9)3-6-10;;/h1-14,41-42H,35-36H2,(H,43,44,45)(H,46,47,48)(H,49,50,51)(H,52,53,54)(H,55,56,57)(H,58,59,60);8-10H,1-6H2;;/q;;2*+1/b2-1+,39-37?,40-38?;;;. The molecule has 0 saturated heterocycles. The minimum Gasteiger partial charge on any atom is -0.505 e. The Morgan fingerprint density at radius 3 is 1.01 bits per heavy atom. The van der Waals surface area contributed by atoms with E-state index in [0.29, 0.717) is 56.0 Å². The molecule has 30 nitrogen and oxygen atoms in total. The number of rotatable bonds is 18. The number of aliphatic hydroxyl groups is 3. The minimum atomic E-state index is -5.29. The number of aliphatic hydroxyl groups excluding tert-OH is 3. The van der Waals surface area contributed by atoms with Crippen molar-refractivity contribution in [1.29, 1.82) is 0 Å². The number of hydrogen-bond donors (Lipinski definition) is 13. The SMILES string of the molecule is Nc1cc(S(=O)(=O)O)cc2cc(S(=O)(=O)O)c(N=Nc3ccc(/C=C/c4ccc(N=Nc5c(S(=O)(=O)O)cc6cc(S(=O)(=O)O)cc(N)c6c5O)cc4S(=O)(=O)O)c(S(=O)(=O)O)c3)c(O)c12.OCCN(CCO)CCO.[Li+].[Na+]. The van der Waals surface area contributed by atoms with Crippen LogP contribution in [0, 0.1) is 0 Å². The van der Waals surface area contributed by atoms with Crippen LogP contribution in [0.4, 0.5) is 34.1 Å².